The molecule has 2 aromatic carbocycles. The summed E-state index contributed by atoms with van der Waals surface area (Å²) in [5, 5.41) is 8.33. The number of rotatable bonds is 5. The number of benzene rings is 2. The van der Waals surface area contributed by atoms with E-state index in [2.05, 4.69) is 15.0 Å². The second-order valence-electron chi connectivity index (χ2n) is 5.16. The van der Waals surface area contributed by atoms with E-state index in [9.17, 15) is 4.79 Å². The van der Waals surface area contributed by atoms with Crippen molar-refractivity contribution in [2.45, 2.75) is 0 Å². The molecule has 0 spiro atoms. The first kappa shape index (κ1) is 16.5. The number of hydrogen-bond donors (Lipinski definition) is 0. The third-order valence-corrected chi connectivity index (χ3v) is 3.73. The van der Waals surface area contributed by atoms with Crippen LogP contribution in [0.4, 0.5) is 0 Å². The van der Waals surface area contributed by atoms with Gasteiger partial charge in [-0.2, -0.15) is 0 Å². The molecule has 128 valence electrons. The highest BCUT2D eigenvalue weighted by Crippen LogP contribution is 2.31. The standard InChI is InChI=1S/C18H17N3O4/c1-23-16-9-6-13(10-17(16)24-2)15-11-21(20-19-15)14-7-4-12(5-8-14)18(22)25-3/h4-11H,1-3H3. The molecule has 0 atom stereocenters. The van der Waals surface area contributed by atoms with E-state index in [0.29, 0.717) is 22.8 Å². The number of methoxy groups -OCH3 is 3. The molecule has 0 fully saturated rings. The summed E-state index contributed by atoms with van der Waals surface area (Å²) in [6.07, 6.45) is 1.80. The van der Waals surface area contributed by atoms with Crippen molar-refractivity contribution in [3.8, 4) is 28.4 Å². The zero-order valence-corrected chi connectivity index (χ0v) is 14.1. The van der Waals surface area contributed by atoms with Gasteiger partial charge in [0.25, 0.3) is 0 Å². The van der Waals surface area contributed by atoms with Gasteiger partial charge in [0.1, 0.15) is 5.69 Å². The zero-order chi connectivity index (χ0) is 17.8. The Morgan fingerprint density at radius 1 is 0.960 bits per heavy atom. The van der Waals surface area contributed by atoms with Gasteiger partial charge in [-0.25, -0.2) is 9.48 Å². The highest BCUT2D eigenvalue weighted by atomic mass is 16.5. The molecule has 3 rings (SSSR count). The van der Waals surface area contributed by atoms with Gasteiger partial charge in [-0.15, -0.1) is 5.10 Å². The Hall–Kier alpha value is -3.35. The molecule has 1 heterocycles. The van der Waals surface area contributed by atoms with E-state index in [1.807, 2.05) is 18.2 Å². The molecule has 3 aromatic rings. The number of hydrogen-bond acceptors (Lipinski definition) is 6. The van der Waals surface area contributed by atoms with Gasteiger partial charge >= 0.3 is 5.97 Å². The van der Waals surface area contributed by atoms with Gasteiger partial charge in [-0.1, -0.05) is 5.21 Å². The van der Waals surface area contributed by atoms with Gasteiger partial charge in [0.15, 0.2) is 11.5 Å². The van der Waals surface area contributed by atoms with E-state index < -0.39 is 0 Å². The molecule has 0 aliphatic rings. The van der Waals surface area contributed by atoms with Crippen LogP contribution in [0.3, 0.4) is 0 Å². The lowest BCUT2D eigenvalue weighted by atomic mass is 10.1. The van der Waals surface area contributed by atoms with Crippen molar-refractivity contribution in [1.29, 1.82) is 0 Å². The Labute approximate surface area is 144 Å². The van der Waals surface area contributed by atoms with E-state index in [1.165, 1.54) is 7.11 Å². The minimum absolute atomic E-state index is 0.379. The van der Waals surface area contributed by atoms with Crippen LogP contribution >= 0.6 is 0 Å². The monoisotopic (exact) mass is 339 g/mol. The Bertz CT molecular complexity index is 888. The lowest BCUT2D eigenvalue weighted by Gasteiger charge is -2.08. The molecule has 1 aromatic heterocycles. The van der Waals surface area contributed by atoms with Gasteiger partial charge in [-0.05, 0) is 42.5 Å². The third-order valence-electron chi connectivity index (χ3n) is 3.73. The van der Waals surface area contributed by atoms with Crippen molar-refractivity contribution in [2.75, 3.05) is 21.3 Å². The molecule has 0 aliphatic heterocycles. The zero-order valence-electron chi connectivity index (χ0n) is 14.1. The van der Waals surface area contributed by atoms with Crippen LogP contribution in [-0.4, -0.2) is 42.3 Å². The van der Waals surface area contributed by atoms with Gasteiger partial charge in [0.2, 0.25) is 0 Å². The first-order valence-electron chi connectivity index (χ1n) is 7.49. The lowest BCUT2D eigenvalue weighted by Crippen LogP contribution is -2.02. The topological polar surface area (TPSA) is 75.5 Å². The molecule has 7 heteroatoms. The molecular formula is C18H17N3O4. The van der Waals surface area contributed by atoms with Crippen molar-refractivity contribution in [3.63, 3.8) is 0 Å². The van der Waals surface area contributed by atoms with Crippen molar-refractivity contribution >= 4 is 5.97 Å². The van der Waals surface area contributed by atoms with Crippen LogP contribution in [0.2, 0.25) is 0 Å². The van der Waals surface area contributed by atoms with E-state index in [0.717, 1.165) is 11.3 Å². The summed E-state index contributed by atoms with van der Waals surface area (Å²) >= 11 is 0. The van der Waals surface area contributed by atoms with Gasteiger partial charge in [-0.3, -0.25) is 0 Å². The summed E-state index contributed by atoms with van der Waals surface area (Å²) in [7, 11) is 4.52. The third kappa shape index (κ3) is 3.30. The molecule has 0 saturated heterocycles. The minimum atomic E-state index is -0.379. The van der Waals surface area contributed by atoms with Crippen LogP contribution in [0.5, 0.6) is 11.5 Å². The second kappa shape index (κ2) is 7.04. The SMILES string of the molecule is COC(=O)c1ccc(-n2cc(-c3ccc(OC)c(OC)c3)nn2)cc1. The first-order chi connectivity index (χ1) is 12.2. The predicted octanol–water partition coefficient (Wildman–Crippen LogP) is 2.74. The van der Waals surface area contributed by atoms with Crippen LogP contribution in [-0.2, 0) is 4.74 Å². The highest BCUT2D eigenvalue weighted by Gasteiger charge is 2.11. The summed E-state index contributed by atoms with van der Waals surface area (Å²) in [5.41, 5.74) is 2.81. The molecule has 0 unspecified atom stereocenters. The molecule has 25 heavy (non-hydrogen) atoms. The number of nitrogens with zero attached hydrogens (tertiary/aromatic N) is 3. The number of ether oxygens (including phenoxy) is 3. The van der Waals surface area contributed by atoms with Crippen molar-refractivity contribution in [2.24, 2.45) is 0 Å². The number of carbonyl (C=O) groups is 1. The van der Waals surface area contributed by atoms with Gasteiger partial charge in [0, 0.05) is 5.56 Å². The molecule has 0 aliphatic carbocycles. The summed E-state index contributed by atoms with van der Waals surface area (Å²) < 4.78 is 16.9. The Morgan fingerprint density at radius 3 is 2.32 bits per heavy atom. The minimum Gasteiger partial charge on any atom is -0.493 e. The van der Waals surface area contributed by atoms with Crippen LogP contribution < -0.4 is 9.47 Å². The average Bonchev–Trinajstić information content (AvgIpc) is 3.17. The first-order valence-corrected chi connectivity index (χ1v) is 7.49. The average molecular weight is 339 g/mol. The largest absolute Gasteiger partial charge is 0.493 e. The van der Waals surface area contributed by atoms with Crippen molar-refractivity contribution in [1.82, 2.24) is 15.0 Å². The quantitative estimate of drug-likeness (QED) is 0.665. The highest BCUT2D eigenvalue weighted by molar-refractivity contribution is 5.89. The molecule has 0 bridgehead atoms. The van der Waals surface area contributed by atoms with E-state index in [-0.39, 0.29) is 5.97 Å². The maximum absolute atomic E-state index is 11.5. The van der Waals surface area contributed by atoms with Crippen LogP contribution in [0, 0.1) is 0 Å². The van der Waals surface area contributed by atoms with Crippen molar-refractivity contribution < 1.29 is 19.0 Å². The fourth-order valence-corrected chi connectivity index (χ4v) is 2.39. The van der Waals surface area contributed by atoms with Crippen LogP contribution in [0.1, 0.15) is 10.4 Å². The van der Waals surface area contributed by atoms with E-state index >= 15 is 0 Å². The Balaban J connectivity index is 1.88. The van der Waals surface area contributed by atoms with Gasteiger partial charge < -0.3 is 14.2 Å². The van der Waals surface area contributed by atoms with Crippen LogP contribution in [0.25, 0.3) is 16.9 Å². The Kier molecular flexibility index (Phi) is 4.65. The molecule has 0 amide bonds. The second-order valence-corrected chi connectivity index (χ2v) is 5.16. The Morgan fingerprint density at radius 2 is 1.68 bits per heavy atom. The fourth-order valence-electron chi connectivity index (χ4n) is 2.39. The van der Waals surface area contributed by atoms with Crippen molar-refractivity contribution in [3.05, 3.63) is 54.2 Å². The molecule has 7 nitrogen and oxygen atoms in total. The molecular weight excluding hydrogens is 322 g/mol. The fraction of sp³-hybridized carbons (Fsp3) is 0.167. The van der Waals surface area contributed by atoms with E-state index in [4.69, 9.17) is 9.47 Å². The summed E-state index contributed by atoms with van der Waals surface area (Å²) in [6, 6.07) is 12.5. The molecule has 0 N–H and O–H groups in total. The normalized spacial score (nSPS) is 10.4. The summed E-state index contributed by atoms with van der Waals surface area (Å²) in [6.45, 7) is 0. The number of aromatic nitrogens is 3. The number of esters is 1. The number of carbonyl (C=O) groups excluding carboxylic acids is 1. The molecule has 0 radical (unpaired) electrons. The molecule has 0 saturated carbocycles. The van der Waals surface area contributed by atoms with Crippen LogP contribution in [0.15, 0.2) is 48.7 Å². The van der Waals surface area contributed by atoms with Gasteiger partial charge in [0.05, 0.1) is 38.8 Å². The maximum Gasteiger partial charge on any atom is 0.337 e. The maximum atomic E-state index is 11.5. The predicted molar refractivity (Wildman–Crippen MR) is 91.2 cm³/mol. The van der Waals surface area contributed by atoms with E-state index in [1.54, 1.807) is 49.4 Å². The summed E-state index contributed by atoms with van der Waals surface area (Å²) in [5.74, 6) is 0.894. The lowest BCUT2D eigenvalue weighted by molar-refractivity contribution is 0.0600. The summed E-state index contributed by atoms with van der Waals surface area (Å²) in [4.78, 5) is 11.5. The smallest absolute Gasteiger partial charge is 0.337 e.